The number of carbonyl (C=O) groups excluding carboxylic acids is 3. The van der Waals surface area contributed by atoms with Crippen molar-refractivity contribution >= 4 is 39.8 Å². The summed E-state index contributed by atoms with van der Waals surface area (Å²) in [6.07, 6.45) is 2.65. The third-order valence-corrected chi connectivity index (χ3v) is 5.41. The van der Waals surface area contributed by atoms with Crippen LogP contribution in [-0.4, -0.2) is 24.4 Å². The maximum absolute atomic E-state index is 12.6. The van der Waals surface area contributed by atoms with Crippen LogP contribution in [0.25, 0.3) is 0 Å². The Morgan fingerprint density at radius 2 is 1.81 bits per heavy atom. The van der Waals surface area contributed by atoms with Gasteiger partial charge in [0.05, 0.1) is 12.2 Å². The minimum Gasteiger partial charge on any atom is -0.462 e. The average Bonchev–Trinajstić information content (AvgIpc) is 3.43. The van der Waals surface area contributed by atoms with E-state index in [1.165, 1.54) is 11.3 Å². The van der Waals surface area contributed by atoms with E-state index >= 15 is 0 Å². The van der Waals surface area contributed by atoms with Crippen LogP contribution in [0.1, 0.15) is 52.3 Å². The number of carbonyl (C=O) groups is 3. The molecule has 1 aromatic heterocycles. The van der Waals surface area contributed by atoms with E-state index in [2.05, 4.69) is 10.6 Å². The summed E-state index contributed by atoms with van der Waals surface area (Å²) in [7, 11) is 0. The molecule has 0 unspecified atom stereocenters. The van der Waals surface area contributed by atoms with Crippen LogP contribution in [0.2, 0.25) is 0 Å². The SMILES string of the molecule is CCOC(=O)c1cc(CC)sc1NC(=O)c1ccc(NC(=O)C2CC2)cc1. The van der Waals surface area contributed by atoms with E-state index in [0.29, 0.717) is 21.8 Å². The second kappa shape index (κ2) is 8.35. The van der Waals surface area contributed by atoms with Gasteiger partial charge in [-0.15, -0.1) is 11.3 Å². The molecule has 27 heavy (non-hydrogen) atoms. The van der Waals surface area contributed by atoms with Crippen molar-refractivity contribution in [2.45, 2.75) is 33.1 Å². The number of benzene rings is 1. The molecule has 1 heterocycles. The molecule has 0 radical (unpaired) electrons. The second-order valence-corrected chi connectivity index (χ2v) is 7.46. The summed E-state index contributed by atoms with van der Waals surface area (Å²) in [4.78, 5) is 37.4. The lowest BCUT2D eigenvalue weighted by Crippen LogP contribution is -2.15. The normalized spacial score (nSPS) is 13.1. The molecule has 0 bridgehead atoms. The van der Waals surface area contributed by atoms with E-state index in [-0.39, 0.29) is 24.3 Å². The van der Waals surface area contributed by atoms with Crippen molar-refractivity contribution in [1.82, 2.24) is 0 Å². The monoisotopic (exact) mass is 386 g/mol. The lowest BCUT2D eigenvalue weighted by Gasteiger charge is -2.08. The number of esters is 1. The van der Waals surface area contributed by atoms with Crippen LogP contribution >= 0.6 is 11.3 Å². The fraction of sp³-hybridized carbons (Fsp3) is 0.350. The Balaban J connectivity index is 1.70. The van der Waals surface area contributed by atoms with Crippen LogP contribution in [0.3, 0.4) is 0 Å². The molecule has 0 atom stereocenters. The summed E-state index contributed by atoms with van der Waals surface area (Å²) in [5, 5.41) is 6.13. The fourth-order valence-corrected chi connectivity index (χ4v) is 3.52. The van der Waals surface area contributed by atoms with Gasteiger partial charge >= 0.3 is 5.97 Å². The molecule has 1 aromatic carbocycles. The van der Waals surface area contributed by atoms with E-state index in [0.717, 1.165) is 24.1 Å². The number of rotatable bonds is 7. The number of ether oxygens (including phenoxy) is 1. The number of nitrogens with one attached hydrogen (secondary N) is 2. The first kappa shape index (κ1) is 19.1. The Bertz CT molecular complexity index is 853. The van der Waals surface area contributed by atoms with Gasteiger partial charge in [0.1, 0.15) is 5.00 Å². The summed E-state index contributed by atoms with van der Waals surface area (Å²) in [5.74, 6) is -0.607. The summed E-state index contributed by atoms with van der Waals surface area (Å²) < 4.78 is 5.07. The largest absolute Gasteiger partial charge is 0.462 e. The number of hydrogen-bond acceptors (Lipinski definition) is 5. The maximum Gasteiger partial charge on any atom is 0.341 e. The topological polar surface area (TPSA) is 84.5 Å². The zero-order valence-electron chi connectivity index (χ0n) is 15.3. The molecule has 2 N–H and O–H groups in total. The van der Waals surface area contributed by atoms with Crippen molar-refractivity contribution in [2.24, 2.45) is 5.92 Å². The highest BCUT2D eigenvalue weighted by molar-refractivity contribution is 7.16. The number of hydrogen-bond donors (Lipinski definition) is 2. The van der Waals surface area contributed by atoms with Gasteiger partial charge in [0.25, 0.3) is 5.91 Å². The molecule has 2 amide bonds. The van der Waals surface area contributed by atoms with Gasteiger partial charge in [0.15, 0.2) is 0 Å². The van der Waals surface area contributed by atoms with Crippen molar-refractivity contribution in [2.75, 3.05) is 17.2 Å². The first-order valence-electron chi connectivity index (χ1n) is 9.04. The minimum absolute atomic E-state index is 0.0250. The number of thiophene rings is 1. The molecule has 142 valence electrons. The van der Waals surface area contributed by atoms with Crippen molar-refractivity contribution < 1.29 is 19.1 Å². The van der Waals surface area contributed by atoms with Gasteiger partial charge in [-0.1, -0.05) is 6.92 Å². The van der Waals surface area contributed by atoms with Gasteiger partial charge < -0.3 is 15.4 Å². The predicted molar refractivity (Wildman–Crippen MR) is 105 cm³/mol. The third-order valence-electron chi connectivity index (χ3n) is 4.22. The molecule has 1 aliphatic carbocycles. The van der Waals surface area contributed by atoms with E-state index in [9.17, 15) is 14.4 Å². The molecule has 1 fully saturated rings. The van der Waals surface area contributed by atoms with E-state index < -0.39 is 5.97 Å². The third kappa shape index (κ3) is 4.74. The van der Waals surface area contributed by atoms with Gasteiger partial charge in [-0.2, -0.15) is 0 Å². The van der Waals surface area contributed by atoms with E-state index in [1.807, 2.05) is 6.92 Å². The first-order valence-corrected chi connectivity index (χ1v) is 9.85. The van der Waals surface area contributed by atoms with E-state index in [4.69, 9.17) is 4.74 Å². The maximum atomic E-state index is 12.6. The molecule has 1 aliphatic rings. The molecular weight excluding hydrogens is 364 g/mol. The number of amides is 2. The van der Waals surface area contributed by atoms with Crippen molar-refractivity contribution in [3.63, 3.8) is 0 Å². The molecule has 6 nitrogen and oxygen atoms in total. The summed E-state index contributed by atoms with van der Waals surface area (Å²) in [5.41, 5.74) is 1.49. The van der Waals surface area contributed by atoms with Gasteiger partial charge in [-0.25, -0.2) is 4.79 Å². The van der Waals surface area contributed by atoms with Gasteiger partial charge in [0, 0.05) is 22.0 Å². The van der Waals surface area contributed by atoms with Crippen molar-refractivity contribution in [3.8, 4) is 0 Å². The van der Waals surface area contributed by atoms with Gasteiger partial charge in [0.2, 0.25) is 5.91 Å². The Morgan fingerprint density at radius 3 is 2.41 bits per heavy atom. The van der Waals surface area contributed by atoms with Crippen LogP contribution in [0.15, 0.2) is 30.3 Å². The summed E-state index contributed by atoms with van der Waals surface area (Å²) >= 11 is 1.37. The Morgan fingerprint density at radius 1 is 1.11 bits per heavy atom. The van der Waals surface area contributed by atoms with Crippen LogP contribution in [-0.2, 0) is 16.0 Å². The van der Waals surface area contributed by atoms with Crippen LogP contribution in [0, 0.1) is 5.92 Å². The zero-order valence-corrected chi connectivity index (χ0v) is 16.2. The lowest BCUT2D eigenvalue weighted by atomic mass is 10.2. The van der Waals surface area contributed by atoms with E-state index in [1.54, 1.807) is 37.3 Å². The van der Waals surface area contributed by atoms with Crippen LogP contribution < -0.4 is 10.6 Å². The Kier molecular flexibility index (Phi) is 5.91. The molecule has 3 rings (SSSR count). The van der Waals surface area contributed by atoms with Crippen molar-refractivity contribution in [3.05, 3.63) is 46.3 Å². The Labute approximate surface area is 161 Å². The smallest absolute Gasteiger partial charge is 0.341 e. The molecule has 0 saturated heterocycles. The lowest BCUT2D eigenvalue weighted by molar-refractivity contribution is -0.117. The molecule has 2 aromatic rings. The van der Waals surface area contributed by atoms with Crippen LogP contribution in [0.4, 0.5) is 10.7 Å². The quantitative estimate of drug-likeness (QED) is 0.702. The summed E-state index contributed by atoms with van der Waals surface area (Å²) in [6.45, 7) is 4.01. The van der Waals surface area contributed by atoms with Crippen molar-refractivity contribution in [1.29, 1.82) is 0 Å². The molecular formula is C20H22N2O4S. The standard InChI is InChI=1S/C20H22N2O4S/c1-3-15-11-16(20(25)26-4-2)19(27-15)22-18(24)13-7-9-14(10-8-13)21-17(23)12-5-6-12/h7-12H,3-6H2,1-2H3,(H,21,23)(H,22,24). The molecule has 0 spiro atoms. The van der Waals surface area contributed by atoms with Gasteiger partial charge in [-0.05, 0) is 56.5 Å². The van der Waals surface area contributed by atoms with Crippen LogP contribution in [0.5, 0.6) is 0 Å². The molecule has 7 heteroatoms. The summed E-state index contributed by atoms with van der Waals surface area (Å²) in [6, 6.07) is 8.46. The predicted octanol–water partition coefficient (Wildman–Crippen LogP) is 4.09. The Hall–Kier alpha value is -2.67. The highest BCUT2D eigenvalue weighted by Crippen LogP contribution is 2.31. The molecule has 1 saturated carbocycles. The fourth-order valence-electron chi connectivity index (χ4n) is 2.54. The average molecular weight is 386 g/mol. The zero-order chi connectivity index (χ0) is 19.4. The first-order chi connectivity index (χ1) is 13.0. The number of anilines is 2. The minimum atomic E-state index is -0.443. The highest BCUT2D eigenvalue weighted by atomic mass is 32.1. The molecule has 0 aliphatic heterocycles. The number of aryl methyl sites for hydroxylation is 1. The second-order valence-electron chi connectivity index (χ2n) is 6.32. The highest BCUT2D eigenvalue weighted by Gasteiger charge is 2.29. The van der Waals surface area contributed by atoms with Gasteiger partial charge in [-0.3, -0.25) is 9.59 Å².